The van der Waals surface area contributed by atoms with E-state index in [4.69, 9.17) is 10.2 Å². The second-order valence-corrected chi connectivity index (χ2v) is 3.15. The van der Waals surface area contributed by atoms with E-state index >= 15 is 0 Å². The molecule has 16 heavy (non-hydrogen) atoms. The molecule has 0 aromatic rings. The zero-order valence-corrected chi connectivity index (χ0v) is 8.90. The summed E-state index contributed by atoms with van der Waals surface area (Å²) in [5.74, 6) is -5.37. The maximum absolute atomic E-state index is 10.3. The molecule has 0 aliphatic rings. The SMILES string of the molecule is CO[C@@](O)([C@@H](O)C=O)[C@H](O)[C@](O)(CO)OC. The summed E-state index contributed by atoms with van der Waals surface area (Å²) in [6.07, 6.45) is -4.49. The molecule has 0 aliphatic heterocycles. The van der Waals surface area contributed by atoms with E-state index in [2.05, 4.69) is 9.47 Å². The summed E-state index contributed by atoms with van der Waals surface area (Å²) in [7, 11) is 1.84. The van der Waals surface area contributed by atoms with Crippen LogP contribution in [-0.4, -0.2) is 76.4 Å². The predicted octanol–water partition coefficient (Wildman–Crippen LogP) is -3.43. The quantitative estimate of drug-likeness (QED) is 0.229. The van der Waals surface area contributed by atoms with Crippen LogP contribution in [0.4, 0.5) is 0 Å². The number of hydrogen-bond donors (Lipinski definition) is 5. The fourth-order valence-electron chi connectivity index (χ4n) is 1.08. The monoisotopic (exact) mass is 240 g/mol. The third kappa shape index (κ3) is 2.55. The fraction of sp³-hybridized carbons (Fsp3) is 0.875. The van der Waals surface area contributed by atoms with Crippen LogP contribution < -0.4 is 0 Å². The Balaban J connectivity index is 5.17. The predicted molar refractivity (Wildman–Crippen MR) is 49.1 cm³/mol. The second-order valence-electron chi connectivity index (χ2n) is 3.15. The summed E-state index contributed by atoms with van der Waals surface area (Å²) in [6.45, 7) is -1.08. The third-order valence-corrected chi connectivity index (χ3v) is 2.28. The Labute approximate surface area is 91.7 Å². The van der Waals surface area contributed by atoms with Crippen molar-refractivity contribution in [3.8, 4) is 0 Å². The number of ether oxygens (including phenoxy) is 2. The summed E-state index contributed by atoms with van der Waals surface area (Å²) in [6, 6.07) is 0. The minimum absolute atomic E-state index is 0.0970. The first-order valence-electron chi connectivity index (χ1n) is 4.29. The van der Waals surface area contributed by atoms with Gasteiger partial charge in [0.2, 0.25) is 11.6 Å². The smallest absolute Gasteiger partial charge is 0.231 e. The Morgan fingerprint density at radius 2 is 1.75 bits per heavy atom. The van der Waals surface area contributed by atoms with E-state index in [0.717, 1.165) is 14.2 Å². The van der Waals surface area contributed by atoms with Crippen molar-refractivity contribution in [3.05, 3.63) is 0 Å². The van der Waals surface area contributed by atoms with Crippen molar-refractivity contribution in [1.82, 2.24) is 0 Å². The standard InChI is InChI=1S/C8H16O8/c1-15-7(13,4-10)6(12)8(14,16-2)5(11)3-9/h3,5-6,10-14H,4H2,1-2H3/t5-,6+,7-,8-/m0/s1. The van der Waals surface area contributed by atoms with E-state index in [9.17, 15) is 20.1 Å². The Morgan fingerprint density at radius 1 is 1.25 bits per heavy atom. The molecular weight excluding hydrogens is 224 g/mol. The highest BCUT2D eigenvalue weighted by atomic mass is 16.7. The molecule has 96 valence electrons. The molecule has 0 aromatic heterocycles. The normalized spacial score (nSPS) is 22.9. The molecule has 0 heterocycles. The Bertz CT molecular complexity index is 228. The lowest BCUT2D eigenvalue weighted by Crippen LogP contribution is -2.65. The molecule has 8 nitrogen and oxygen atoms in total. The van der Waals surface area contributed by atoms with E-state index in [0.29, 0.717) is 0 Å². The summed E-state index contributed by atoms with van der Waals surface area (Å²) in [4.78, 5) is 10.3. The topological polar surface area (TPSA) is 137 Å². The van der Waals surface area contributed by atoms with Crippen molar-refractivity contribution < 1.29 is 39.8 Å². The van der Waals surface area contributed by atoms with Gasteiger partial charge >= 0.3 is 0 Å². The Morgan fingerprint density at radius 3 is 2.00 bits per heavy atom. The molecule has 0 radical (unpaired) electrons. The fourth-order valence-corrected chi connectivity index (χ4v) is 1.08. The van der Waals surface area contributed by atoms with Gasteiger partial charge in [0.15, 0.2) is 18.5 Å². The minimum Gasteiger partial charge on any atom is -0.391 e. The molecule has 0 aromatic carbocycles. The highest BCUT2D eigenvalue weighted by molar-refractivity contribution is 5.57. The molecule has 0 saturated heterocycles. The van der Waals surface area contributed by atoms with Gasteiger partial charge in [-0.2, -0.15) is 0 Å². The molecule has 0 spiro atoms. The first-order chi connectivity index (χ1) is 7.32. The molecule has 4 atom stereocenters. The number of carbonyl (C=O) groups is 1. The second kappa shape index (κ2) is 5.64. The van der Waals surface area contributed by atoms with E-state index in [-0.39, 0.29) is 6.29 Å². The van der Waals surface area contributed by atoms with E-state index < -0.39 is 30.4 Å². The lowest BCUT2D eigenvalue weighted by atomic mass is 9.96. The van der Waals surface area contributed by atoms with E-state index in [1.165, 1.54) is 0 Å². The average molecular weight is 240 g/mol. The van der Waals surface area contributed by atoms with Gasteiger partial charge in [-0.05, 0) is 0 Å². The number of rotatable bonds is 7. The van der Waals surface area contributed by atoms with Crippen LogP contribution in [0.1, 0.15) is 0 Å². The molecule has 0 amide bonds. The molecular formula is C8H16O8. The Hall–Kier alpha value is -0.610. The van der Waals surface area contributed by atoms with Gasteiger partial charge in [-0.25, -0.2) is 0 Å². The minimum atomic E-state index is -2.80. The zero-order chi connectivity index (χ0) is 13.0. The third-order valence-electron chi connectivity index (χ3n) is 2.28. The number of aldehydes is 1. The van der Waals surface area contributed by atoms with Crippen LogP contribution in [0.5, 0.6) is 0 Å². The van der Waals surface area contributed by atoms with Crippen LogP contribution in [-0.2, 0) is 14.3 Å². The summed E-state index contributed by atoms with van der Waals surface area (Å²) >= 11 is 0. The van der Waals surface area contributed by atoms with Gasteiger partial charge < -0.3 is 39.8 Å². The number of aliphatic hydroxyl groups is 5. The van der Waals surface area contributed by atoms with Crippen molar-refractivity contribution in [2.24, 2.45) is 0 Å². The van der Waals surface area contributed by atoms with Gasteiger partial charge in [-0.3, -0.25) is 0 Å². The van der Waals surface area contributed by atoms with E-state index in [1.54, 1.807) is 0 Å². The number of aliphatic hydroxyl groups excluding tert-OH is 3. The number of carbonyl (C=O) groups excluding carboxylic acids is 1. The lowest BCUT2D eigenvalue weighted by molar-refractivity contribution is -0.360. The van der Waals surface area contributed by atoms with Crippen LogP contribution >= 0.6 is 0 Å². The van der Waals surface area contributed by atoms with Gasteiger partial charge in [-0.1, -0.05) is 0 Å². The number of hydrogen-bond acceptors (Lipinski definition) is 8. The zero-order valence-electron chi connectivity index (χ0n) is 8.90. The molecule has 8 heteroatoms. The van der Waals surface area contributed by atoms with Crippen molar-refractivity contribution in [3.63, 3.8) is 0 Å². The van der Waals surface area contributed by atoms with Crippen molar-refractivity contribution >= 4 is 6.29 Å². The van der Waals surface area contributed by atoms with Crippen molar-refractivity contribution in [1.29, 1.82) is 0 Å². The molecule has 0 unspecified atom stereocenters. The molecule has 0 bridgehead atoms. The van der Waals surface area contributed by atoms with Gasteiger partial charge in [0.25, 0.3) is 0 Å². The maximum atomic E-state index is 10.3. The van der Waals surface area contributed by atoms with Crippen molar-refractivity contribution in [2.45, 2.75) is 23.8 Å². The summed E-state index contributed by atoms with van der Waals surface area (Å²) in [5.41, 5.74) is 0. The summed E-state index contributed by atoms with van der Waals surface area (Å²) in [5, 5.41) is 46.7. The molecule has 0 rings (SSSR count). The lowest BCUT2D eigenvalue weighted by Gasteiger charge is -2.40. The Kier molecular flexibility index (Phi) is 5.42. The van der Waals surface area contributed by atoms with Crippen LogP contribution in [0, 0.1) is 0 Å². The van der Waals surface area contributed by atoms with Gasteiger partial charge in [0, 0.05) is 14.2 Å². The molecule has 5 N–H and O–H groups in total. The van der Waals surface area contributed by atoms with Crippen LogP contribution in [0.2, 0.25) is 0 Å². The van der Waals surface area contributed by atoms with Gasteiger partial charge in [0.1, 0.15) is 0 Å². The molecule has 0 aliphatic carbocycles. The van der Waals surface area contributed by atoms with Crippen LogP contribution in [0.25, 0.3) is 0 Å². The summed E-state index contributed by atoms with van der Waals surface area (Å²) < 4.78 is 8.76. The highest BCUT2D eigenvalue weighted by Gasteiger charge is 2.54. The van der Waals surface area contributed by atoms with Crippen LogP contribution in [0.3, 0.4) is 0 Å². The van der Waals surface area contributed by atoms with E-state index in [1.807, 2.05) is 0 Å². The van der Waals surface area contributed by atoms with Gasteiger partial charge in [-0.15, -0.1) is 0 Å². The maximum Gasteiger partial charge on any atom is 0.231 e. The largest absolute Gasteiger partial charge is 0.391 e. The molecule has 0 saturated carbocycles. The van der Waals surface area contributed by atoms with Crippen LogP contribution in [0.15, 0.2) is 0 Å². The van der Waals surface area contributed by atoms with Crippen molar-refractivity contribution in [2.75, 3.05) is 20.8 Å². The highest BCUT2D eigenvalue weighted by Crippen LogP contribution is 2.25. The first kappa shape index (κ1) is 15.4. The molecule has 0 fully saturated rings. The first-order valence-corrected chi connectivity index (χ1v) is 4.29. The van der Waals surface area contributed by atoms with Gasteiger partial charge in [0.05, 0.1) is 6.61 Å². The average Bonchev–Trinajstić information content (AvgIpc) is 2.34. The number of methoxy groups -OCH3 is 2.